The smallest absolute Gasteiger partial charge is 0.325 e. The molecule has 9 nitrogen and oxygen atoms in total. The molecule has 1 saturated carbocycles. The van der Waals surface area contributed by atoms with Crippen molar-refractivity contribution in [3.05, 3.63) is 59.4 Å². The minimum Gasteiger partial charge on any atom is -0.508 e. The maximum absolute atomic E-state index is 12.5. The third-order valence-corrected chi connectivity index (χ3v) is 6.18. The Morgan fingerprint density at radius 2 is 1.91 bits per heavy atom. The van der Waals surface area contributed by atoms with Gasteiger partial charge in [-0.3, -0.25) is 14.4 Å². The minimum absolute atomic E-state index is 0.0950. The lowest BCUT2D eigenvalue weighted by Crippen LogP contribution is -2.30. The topological polar surface area (TPSA) is 123 Å². The van der Waals surface area contributed by atoms with Gasteiger partial charge < -0.3 is 25.0 Å². The highest BCUT2D eigenvalue weighted by Gasteiger charge is 2.32. The number of nitrogens with zero attached hydrogens (tertiary/aromatic N) is 2. The molecule has 0 saturated heterocycles. The maximum atomic E-state index is 12.5. The monoisotopic (exact) mass is 496 g/mol. The molecule has 0 spiro atoms. The number of esters is 1. The third kappa shape index (κ3) is 5.76. The average molecular weight is 497 g/mol. The van der Waals surface area contributed by atoms with Gasteiger partial charge in [0.25, 0.3) is 5.91 Å². The van der Waals surface area contributed by atoms with Gasteiger partial charge in [0, 0.05) is 24.6 Å². The first-order chi connectivity index (χ1) is 16.9. The molecular formula is C25H28N4O5S. The normalized spacial score (nSPS) is 13.9. The van der Waals surface area contributed by atoms with Crippen LogP contribution in [0.5, 0.6) is 5.75 Å². The SMILES string of the molecule is COC(=O)CNC(=O)c1ccc2c(c1)nc(C(CNC(=O)CCS)c1ccc(O)cc1)n2C1CC1. The van der Waals surface area contributed by atoms with E-state index >= 15 is 0 Å². The molecule has 1 fully saturated rings. The average Bonchev–Trinajstić information content (AvgIpc) is 3.63. The number of carbonyl (C=O) groups is 3. The number of phenols is 1. The van der Waals surface area contributed by atoms with Gasteiger partial charge in [0.1, 0.15) is 18.1 Å². The van der Waals surface area contributed by atoms with E-state index in [9.17, 15) is 19.5 Å². The molecule has 3 aromatic rings. The van der Waals surface area contributed by atoms with E-state index in [0.717, 1.165) is 29.7 Å². The van der Waals surface area contributed by atoms with Gasteiger partial charge in [0.15, 0.2) is 0 Å². The lowest BCUT2D eigenvalue weighted by molar-refractivity contribution is -0.139. The van der Waals surface area contributed by atoms with Gasteiger partial charge in [-0.2, -0.15) is 12.6 Å². The number of amides is 2. The summed E-state index contributed by atoms with van der Waals surface area (Å²) in [6.07, 6.45) is 2.36. The summed E-state index contributed by atoms with van der Waals surface area (Å²) in [7, 11) is 1.26. The van der Waals surface area contributed by atoms with Crippen LogP contribution in [0.15, 0.2) is 42.5 Å². The Kier molecular flexibility index (Phi) is 7.60. The van der Waals surface area contributed by atoms with Crippen molar-refractivity contribution in [3.63, 3.8) is 0 Å². The van der Waals surface area contributed by atoms with Crippen molar-refractivity contribution in [3.8, 4) is 5.75 Å². The molecule has 2 aromatic carbocycles. The summed E-state index contributed by atoms with van der Waals surface area (Å²) in [5.74, 6) is 0.116. The van der Waals surface area contributed by atoms with Crippen molar-refractivity contribution in [2.75, 3.05) is 26.0 Å². The largest absolute Gasteiger partial charge is 0.508 e. The number of aromatic nitrogens is 2. The Bertz CT molecular complexity index is 1240. The van der Waals surface area contributed by atoms with Crippen molar-refractivity contribution < 1.29 is 24.2 Å². The Balaban J connectivity index is 1.71. The van der Waals surface area contributed by atoms with Crippen LogP contribution in [0.4, 0.5) is 0 Å². The van der Waals surface area contributed by atoms with Crippen LogP contribution in [0.3, 0.4) is 0 Å². The van der Waals surface area contributed by atoms with Crippen molar-refractivity contribution in [1.29, 1.82) is 0 Å². The van der Waals surface area contributed by atoms with E-state index in [-0.39, 0.29) is 24.1 Å². The third-order valence-electron chi connectivity index (χ3n) is 5.96. The fourth-order valence-electron chi connectivity index (χ4n) is 4.02. The number of fused-ring (bicyclic) bond motifs is 1. The van der Waals surface area contributed by atoms with E-state index in [1.807, 2.05) is 18.2 Å². The Hall–Kier alpha value is -3.53. The molecule has 10 heteroatoms. The standard InChI is InChI=1S/C25H28N4O5S/c1-34-23(32)14-27-25(33)16-4-9-21-20(12-16)28-24(29(21)17-5-6-17)19(13-26-22(31)10-11-35)15-2-7-18(30)8-3-15/h2-4,7-9,12,17,19,30,35H,5-6,10-11,13-14H2,1H3,(H,26,31)(H,27,33). The molecule has 0 bridgehead atoms. The van der Waals surface area contributed by atoms with Crippen LogP contribution in [0.1, 0.15) is 53.0 Å². The zero-order chi connectivity index (χ0) is 24.9. The van der Waals surface area contributed by atoms with Crippen molar-refractivity contribution in [1.82, 2.24) is 20.2 Å². The van der Waals surface area contributed by atoms with Crippen LogP contribution in [-0.2, 0) is 14.3 Å². The van der Waals surface area contributed by atoms with Gasteiger partial charge in [-0.1, -0.05) is 12.1 Å². The number of ether oxygens (including phenoxy) is 1. The van der Waals surface area contributed by atoms with Crippen molar-refractivity contribution in [2.45, 2.75) is 31.2 Å². The lowest BCUT2D eigenvalue weighted by atomic mass is 9.97. The summed E-state index contributed by atoms with van der Waals surface area (Å²) in [5.41, 5.74) is 2.85. The fourth-order valence-corrected chi connectivity index (χ4v) is 4.22. The van der Waals surface area contributed by atoms with Gasteiger partial charge in [-0.15, -0.1) is 0 Å². The Morgan fingerprint density at radius 1 is 1.17 bits per heavy atom. The molecule has 0 aliphatic heterocycles. The summed E-state index contributed by atoms with van der Waals surface area (Å²) < 4.78 is 6.76. The predicted octanol–water partition coefficient (Wildman–Crippen LogP) is 2.55. The molecule has 1 atom stereocenters. The number of nitrogens with one attached hydrogen (secondary N) is 2. The van der Waals surface area contributed by atoms with E-state index in [1.165, 1.54) is 7.11 Å². The molecule has 1 aromatic heterocycles. The zero-order valence-corrected chi connectivity index (χ0v) is 20.3. The van der Waals surface area contributed by atoms with Gasteiger partial charge in [0.05, 0.1) is 24.1 Å². The quantitative estimate of drug-likeness (QED) is 0.253. The molecule has 3 N–H and O–H groups in total. The van der Waals surface area contributed by atoms with Gasteiger partial charge in [-0.25, -0.2) is 4.98 Å². The summed E-state index contributed by atoms with van der Waals surface area (Å²) >= 11 is 4.14. The van der Waals surface area contributed by atoms with Crippen LogP contribution in [0, 0.1) is 0 Å². The maximum Gasteiger partial charge on any atom is 0.325 e. The second-order valence-corrected chi connectivity index (χ2v) is 8.90. The van der Waals surface area contributed by atoms with Gasteiger partial charge >= 0.3 is 5.97 Å². The Morgan fingerprint density at radius 3 is 2.57 bits per heavy atom. The lowest BCUT2D eigenvalue weighted by Gasteiger charge is -2.20. The molecule has 0 radical (unpaired) electrons. The van der Waals surface area contributed by atoms with E-state index in [1.54, 1.807) is 24.3 Å². The molecule has 1 aliphatic carbocycles. The number of methoxy groups -OCH3 is 1. The summed E-state index contributed by atoms with van der Waals surface area (Å²) in [4.78, 5) is 41.0. The number of phenolic OH excluding ortho intramolecular Hbond substituents is 1. The van der Waals surface area contributed by atoms with E-state index in [2.05, 4.69) is 32.6 Å². The molecule has 2 amide bonds. The first kappa shape index (κ1) is 24.6. The summed E-state index contributed by atoms with van der Waals surface area (Å²) in [5, 5.41) is 15.3. The van der Waals surface area contributed by atoms with E-state index in [0.29, 0.717) is 35.8 Å². The Labute approximate surface area is 208 Å². The number of imidazole rings is 1. The van der Waals surface area contributed by atoms with Crippen LogP contribution < -0.4 is 10.6 Å². The second-order valence-electron chi connectivity index (χ2n) is 8.46. The van der Waals surface area contributed by atoms with Crippen molar-refractivity contribution in [2.24, 2.45) is 0 Å². The van der Waals surface area contributed by atoms with E-state index < -0.39 is 11.9 Å². The van der Waals surface area contributed by atoms with Crippen LogP contribution in [0.25, 0.3) is 11.0 Å². The first-order valence-corrected chi connectivity index (χ1v) is 12.1. The van der Waals surface area contributed by atoms with Gasteiger partial charge in [-0.05, 0) is 54.5 Å². The van der Waals surface area contributed by atoms with Gasteiger partial charge in [0.2, 0.25) is 5.91 Å². The van der Waals surface area contributed by atoms with Crippen LogP contribution in [0.2, 0.25) is 0 Å². The number of hydrogen-bond donors (Lipinski definition) is 4. The molecular weight excluding hydrogens is 468 g/mol. The highest BCUT2D eigenvalue weighted by atomic mass is 32.1. The molecule has 1 aliphatic rings. The number of thiol groups is 1. The first-order valence-electron chi connectivity index (χ1n) is 11.4. The second kappa shape index (κ2) is 10.8. The number of rotatable bonds is 10. The number of carbonyl (C=O) groups excluding carboxylic acids is 3. The molecule has 184 valence electrons. The minimum atomic E-state index is -0.531. The molecule has 1 heterocycles. The van der Waals surface area contributed by atoms with Crippen molar-refractivity contribution >= 4 is 41.4 Å². The van der Waals surface area contributed by atoms with Crippen LogP contribution >= 0.6 is 12.6 Å². The summed E-state index contributed by atoms with van der Waals surface area (Å²) in [6, 6.07) is 12.5. The fraction of sp³-hybridized carbons (Fsp3) is 0.360. The summed E-state index contributed by atoms with van der Waals surface area (Å²) in [6.45, 7) is 0.115. The number of hydrogen-bond acceptors (Lipinski definition) is 7. The highest BCUT2D eigenvalue weighted by Crippen LogP contribution is 2.41. The highest BCUT2D eigenvalue weighted by molar-refractivity contribution is 7.80. The number of aromatic hydroxyl groups is 1. The predicted molar refractivity (Wildman–Crippen MR) is 134 cm³/mol. The molecule has 4 rings (SSSR count). The molecule has 1 unspecified atom stereocenters. The number of benzene rings is 2. The zero-order valence-electron chi connectivity index (χ0n) is 19.4. The van der Waals surface area contributed by atoms with E-state index in [4.69, 9.17) is 4.98 Å². The van der Waals surface area contributed by atoms with Crippen LogP contribution in [-0.4, -0.2) is 58.4 Å². The molecule has 35 heavy (non-hydrogen) atoms.